The lowest BCUT2D eigenvalue weighted by atomic mass is 10.3. The number of aryl methyl sites for hydroxylation is 1. The minimum atomic E-state index is -0.355. The van der Waals surface area contributed by atoms with Gasteiger partial charge in [0.05, 0.1) is 12.7 Å². The molecule has 0 fully saturated rings. The van der Waals surface area contributed by atoms with Gasteiger partial charge in [-0.15, -0.1) is 0 Å². The summed E-state index contributed by atoms with van der Waals surface area (Å²) < 4.78 is 8.45. The van der Waals surface area contributed by atoms with Gasteiger partial charge in [-0.1, -0.05) is 18.2 Å². The minimum absolute atomic E-state index is 0.174. The van der Waals surface area contributed by atoms with Crippen LogP contribution in [0.25, 0.3) is 0 Å². The summed E-state index contributed by atoms with van der Waals surface area (Å²) in [5.41, 5.74) is 0.768. The monoisotopic (exact) mass is 353 g/mol. The Morgan fingerprint density at radius 1 is 1.19 bits per heavy atom. The second kappa shape index (κ2) is 8.11. The van der Waals surface area contributed by atoms with Crippen LogP contribution in [-0.4, -0.2) is 32.1 Å². The number of ether oxygens (including phenoxy) is 1. The first-order valence-corrected chi connectivity index (χ1v) is 8.13. The molecule has 8 nitrogen and oxygen atoms in total. The molecule has 0 atom stereocenters. The van der Waals surface area contributed by atoms with Crippen LogP contribution in [0.4, 0.5) is 0 Å². The van der Waals surface area contributed by atoms with E-state index in [0.29, 0.717) is 12.3 Å². The molecule has 0 bridgehead atoms. The number of carbonyl (C=O) groups excluding carboxylic acids is 1. The summed E-state index contributed by atoms with van der Waals surface area (Å²) in [5, 5.41) is 10.9. The average molecular weight is 353 g/mol. The molecule has 0 unspecified atom stereocenters. The maximum Gasteiger partial charge on any atom is 0.271 e. The largest absolute Gasteiger partial charge is 0.492 e. The van der Waals surface area contributed by atoms with Gasteiger partial charge in [-0.25, -0.2) is 4.68 Å². The zero-order valence-electron chi connectivity index (χ0n) is 14.3. The van der Waals surface area contributed by atoms with E-state index in [0.717, 1.165) is 5.56 Å². The molecule has 0 saturated carbocycles. The Morgan fingerprint density at radius 3 is 2.73 bits per heavy atom. The van der Waals surface area contributed by atoms with Crippen LogP contribution in [0.1, 0.15) is 16.1 Å². The molecule has 3 aromatic rings. The molecule has 1 N–H and O–H groups in total. The first-order valence-electron chi connectivity index (χ1n) is 8.13. The number of para-hydroxylation sites is 1. The SMILES string of the molecule is Cn1cc(CNC(=O)c2ccc(=O)n(CCOc3ccccc3)n2)cn1. The van der Waals surface area contributed by atoms with E-state index in [1.54, 1.807) is 17.9 Å². The molecular formula is C18H19N5O3. The van der Waals surface area contributed by atoms with E-state index < -0.39 is 0 Å². The second-order valence-corrected chi connectivity index (χ2v) is 5.65. The van der Waals surface area contributed by atoms with Crippen molar-refractivity contribution >= 4 is 5.91 Å². The predicted octanol–water partition coefficient (Wildman–Crippen LogP) is 0.986. The summed E-state index contributed by atoms with van der Waals surface area (Å²) in [6.07, 6.45) is 3.49. The summed E-state index contributed by atoms with van der Waals surface area (Å²) in [6, 6.07) is 12.0. The van der Waals surface area contributed by atoms with Crippen molar-refractivity contribution in [2.24, 2.45) is 7.05 Å². The van der Waals surface area contributed by atoms with Gasteiger partial charge in [0.2, 0.25) is 0 Å². The third kappa shape index (κ3) is 4.56. The minimum Gasteiger partial charge on any atom is -0.492 e. The number of benzene rings is 1. The zero-order valence-corrected chi connectivity index (χ0v) is 14.3. The fraction of sp³-hybridized carbons (Fsp3) is 0.222. The lowest BCUT2D eigenvalue weighted by Crippen LogP contribution is -2.30. The zero-order chi connectivity index (χ0) is 18.4. The molecule has 3 rings (SSSR count). The number of aromatic nitrogens is 4. The van der Waals surface area contributed by atoms with Crippen LogP contribution in [-0.2, 0) is 20.1 Å². The van der Waals surface area contributed by atoms with E-state index in [4.69, 9.17) is 4.74 Å². The normalized spacial score (nSPS) is 10.5. The van der Waals surface area contributed by atoms with E-state index in [9.17, 15) is 9.59 Å². The highest BCUT2D eigenvalue weighted by molar-refractivity contribution is 5.91. The highest BCUT2D eigenvalue weighted by Gasteiger charge is 2.10. The molecule has 0 aliphatic carbocycles. The molecule has 0 saturated heterocycles. The molecule has 2 aromatic heterocycles. The topological polar surface area (TPSA) is 91.0 Å². The Balaban J connectivity index is 1.59. The number of hydrogen-bond acceptors (Lipinski definition) is 5. The van der Waals surface area contributed by atoms with Gasteiger partial charge in [-0.05, 0) is 18.2 Å². The van der Waals surface area contributed by atoms with Crippen LogP contribution >= 0.6 is 0 Å². The fourth-order valence-corrected chi connectivity index (χ4v) is 2.33. The van der Waals surface area contributed by atoms with Crippen LogP contribution in [0.5, 0.6) is 5.75 Å². The van der Waals surface area contributed by atoms with Crippen molar-refractivity contribution in [2.45, 2.75) is 13.1 Å². The lowest BCUT2D eigenvalue weighted by Gasteiger charge is -2.09. The number of hydrogen-bond donors (Lipinski definition) is 1. The van der Waals surface area contributed by atoms with Crippen molar-refractivity contribution in [3.8, 4) is 5.75 Å². The van der Waals surface area contributed by atoms with Crippen LogP contribution in [0.2, 0.25) is 0 Å². The van der Waals surface area contributed by atoms with Crippen molar-refractivity contribution in [1.82, 2.24) is 24.9 Å². The highest BCUT2D eigenvalue weighted by Crippen LogP contribution is 2.07. The maximum absolute atomic E-state index is 12.2. The van der Waals surface area contributed by atoms with Crippen LogP contribution < -0.4 is 15.6 Å². The molecule has 8 heteroatoms. The third-order valence-corrected chi connectivity index (χ3v) is 3.63. The Morgan fingerprint density at radius 2 is 2.00 bits per heavy atom. The second-order valence-electron chi connectivity index (χ2n) is 5.65. The molecule has 1 amide bonds. The summed E-state index contributed by atoms with van der Waals surface area (Å²) in [6.45, 7) is 0.861. The van der Waals surface area contributed by atoms with Gasteiger partial charge in [0, 0.05) is 31.4 Å². The van der Waals surface area contributed by atoms with E-state index >= 15 is 0 Å². The molecule has 134 valence electrons. The molecular weight excluding hydrogens is 334 g/mol. The van der Waals surface area contributed by atoms with Crippen LogP contribution in [0.3, 0.4) is 0 Å². The van der Waals surface area contributed by atoms with Gasteiger partial charge >= 0.3 is 0 Å². The number of rotatable bonds is 7. The summed E-state index contributed by atoms with van der Waals surface area (Å²) in [7, 11) is 1.81. The van der Waals surface area contributed by atoms with Crippen molar-refractivity contribution < 1.29 is 9.53 Å². The smallest absolute Gasteiger partial charge is 0.271 e. The fourth-order valence-electron chi connectivity index (χ4n) is 2.33. The van der Waals surface area contributed by atoms with Crippen molar-refractivity contribution in [2.75, 3.05) is 6.61 Å². The Hall–Kier alpha value is -3.42. The van der Waals surface area contributed by atoms with Crippen LogP contribution in [0.15, 0.2) is 59.7 Å². The summed E-state index contributed by atoms with van der Waals surface area (Å²) in [5.74, 6) is 0.359. The van der Waals surface area contributed by atoms with Gasteiger partial charge in [0.25, 0.3) is 11.5 Å². The van der Waals surface area contributed by atoms with Gasteiger partial charge in [-0.2, -0.15) is 10.2 Å². The van der Waals surface area contributed by atoms with Gasteiger partial charge < -0.3 is 10.1 Å². The van der Waals surface area contributed by atoms with Crippen molar-refractivity contribution in [3.63, 3.8) is 0 Å². The Kier molecular flexibility index (Phi) is 5.43. The molecule has 0 spiro atoms. The third-order valence-electron chi connectivity index (χ3n) is 3.63. The highest BCUT2D eigenvalue weighted by atomic mass is 16.5. The van der Waals surface area contributed by atoms with E-state index in [-0.39, 0.29) is 30.3 Å². The first kappa shape index (κ1) is 17.4. The lowest BCUT2D eigenvalue weighted by molar-refractivity contribution is 0.0943. The van der Waals surface area contributed by atoms with E-state index in [1.807, 2.05) is 36.5 Å². The molecule has 26 heavy (non-hydrogen) atoms. The van der Waals surface area contributed by atoms with Crippen molar-refractivity contribution in [1.29, 1.82) is 0 Å². The average Bonchev–Trinajstić information content (AvgIpc) is 3.07. The van der Waals surface area contributed by atoms with E-state index in [1.165, 1.54) is 16.8 Å². The standard InChI is InChI=1S/C18H19N5O3/c1-22-13-14(12-20-22)11-19-18(25)16-7-8-17(24)23(21-16)9-10-26-15-5-3-2-4-6-15/h2-8,12-13H,9-11H2,1H3,(H,19,25). The predicted molar refractivity (Wildman–Crippen MR) is 94.8 cm³/mol. The summed E-state index contributed by atoms with van der Waals surface area (Å²) in [4.78, 5) is 24.2. The van der Waals surface area contributed by atoms with Gasteiger partial charge in [0.1, 0.15) is 18.1 Å². The Labute approximate surface area is 150 Å². The van der Waals surface area contributed by atoms with Crippen LogP contribution in [0, 0.1) is 0 Å². The van der Waals surface area contributed by atoms with Gasteiger partial charge in [0.15, 0.2) is 0 Å². The molecule has 2 heterocycles. The Bertz CT molecular complexity index is 933. The van der Waals surface area contributed by atoms with Gasteiger partial charge in [-0.3, -0.25) is 14.3 Å². The molecule has 0 radical (unpaired) electrons. The number of carbonyl (C=O) groups is 1. The summed E-state index contributed by atoms with van der Waals surface area (Å²) >= 11 is 0. The maximum atomic E-state index is 12.2. The number of nitrogens with one attached hydrogen (secondary N) is 1. The molecule has 0 aliphatic heterocycles. The van der Waals surface area contributed by atoms with Crippen molar-refractivity contribution in [3.05, 3.63) is 76.5 Å². The quantitative estimate of drug-likeness (QED) is 0.684. The van der Waals surface area contributed by atoms with E-state index in [2.05, 4.69) is 15.5 Å². The number of amides is 1. The molecule has 1 aromatic carbocycles. The molecule has 0 aliphatic rings. The number of nitrogens with zero attached hydrogens (tertiary/aromatic N) is 4. The first-order chi connectivity index (χ1) is 12.6.